The number of carbonyl (C=O) groups is 1. The van der Waals surface area contributed by atoms with Crippen molar-refractivity contribution < 1.29 is 22.9 Å². The van der Waals surface area contributed by atoms with Crippen molar-refractivity contribution in [3.63, 3.8) is 0 Å². The van der Waals surface area contributed by atoms with Crippen LogP contribution in [-0.2, 0) is 17.8 Å². The summed E-state index contributed by atoms with van der Waals surface area (Å²) in [6.45, 7) is 19.0. The van der Waals surface area contributed by atoms with Crippen molar-refractivity contribution in [3.8, 4) is 0 Å². The molecule has 0 spiro atoms. The van der Waals surface area contributed by atoms with Crippen LogP contribution in [0.1, 0.15) is 68.7 Å². The lowest BCUT2D eigenvalue weighted by molar-refractivity contribution is -0.112. The summed E-state index contributed by atoms with van der Waals surface area (Å²) in [6.07, 6.45) is 2.63. The van der Waals surface area contributed by atoms with Gasteiger partial charge in [-0.25, -0.2) is 0 Å². The van der Waals surface area contributed by atoms with E-state index in [0.717, 1.165) is 0 Å². The maximum Gasteiger partial charge on any atom is 0.335 e. The third-order valence-corrected chi connectivity index (χ3v) is 15.8. The minimum Gasteiger partial charge on any atom is -0.414 e. The van der Waals surface area contributed by atoms with Crippen LogP contribution in [0.4, 0.5) is 0 Å². The topological polar surface area (TPSA) is 65.0 Å². The van der Waals surface area contributed by atoms with Gasteiger partial charge in [0.1, 0.15) is 6.10 Å². The summed E-state index contributed by atoms with van der Waals surface area (Å²) in [4.78, 5) is 11.2. The fraction of sp³-hybridized carbons (Fsp3) is 0.850. The second kappa shape index (κ2) is 9.94. The fourth-order valence-electron chi connectivity index (χ4n) is 3.92. The van der Waals surface area contributed by atoms with E-state index in [4.69, 9.17) is 13.0 Å². The molecular weight excluding hydrogens is 376 g/mol. The van der Waals surface area contributed by atoms with Gasteiger partial charge in [-0.15, -0.1) is 0 Å². The third-order valence-electron chi connectivity index (χ3n) is 5.50. The smallest absolute Gasteiger partial charge is 0.335 e. The van der Waals surface area contributed by atoms with E-state index in [9.17, 15) is 9.90 Å². The Morgan fingerprint density at radius 1 is 1.00 bits per heavy atom. The molecule has 1 saturated heterocycles. The molecule has 7 heteroatoms. The molecule has 1 fully saturated rings. The summed E-state index contributed by atoms with van der Waals surface area (Å²) >= 11 is 0. The lowest BCUT2D eigenvalue weighted by Crippen LogP contribution is -2.65. The van der Waals surface area contributed by atoms with Crippen LogP contribution in [0.15, 0.2) is 12.2 Å². The number of aliphatic hydroxyl groups is 1. The zero-order chi connectivity index (χ0) is 21.0. The average Bonchev–Trinajstić information content (AvgIpc) is 2.52. The number of aliphatic hydroxyl groups excluding tert-OH is 1. The number of carbonyl (C=O) groups excluding carboxylic acids is 1. The van der Waals surface area contributed by atoms with Crippen molar-refractivity contribution in [2.75, 3.05) is 6.61 Å². The number of allylic oxidation sites excluding steroid dienone is 1. The molecule has 1 aliphatic heterocycles. The van der Waals surface area contributed by atoms with E-state index in [1.807, 2.05) is 0 Å². The van der Waals surface area contributed by atoms with Crippen molar-refractivity contribution in [1.82, 2.24) is 0 Å². The summed E-state index contributed by atoms with van der Waals surface area (Å²) in [5.41, 5.74) is 0.948. The summed E-state index contributed by atoms with van der Waals surface area (Å²) in [6, 6.07) is 0. The first-order valence-electron chi connectivity index (χ1n) is 10.3. The number of hydrogen-bond acceptors (Lipinski definition) is 5. The van der Waals surface area contributed by atoms with Gasteiger partial charge in [0, 0.05) is 0 Å². The van der Waals surface area contributed by atoms with Crippen LogP contribution in [0, 0.1) is 0 Å². The van der Waals surface area contributed by atoms with Crippen molar-refractivity contribution in [2.45, 2.75) is 103 Å². The highest BCUT2D eigenvalue weighted by molar-refractivity contribution is 6.83. The quantitative estimate of drug-likeness (QED) is 0.475. The van der Waals surface area contributed by atoms with E-state index in [0.29, 0.717) is 6.42 Å². The lowest BCUT2D eigenvalue weighted by Gasteiger charge is -2.51. The Balaban J connectivity index is 3.37. The SMILES string of the molecule is CC(=O)/C=C/CC1O[Si](C(C)C)(C(C)C)O[Si](C(C)C)(C(C)C)OCC1O. The molecule has 0 amide bonds. The molecule has 1 rings (SSSR count). The summed E-state index contributed by atoms with van der Waals surface area (Å²) in [5.74, 6) is -0.00917. The fourth-order valence-corrected chi connectivity index (χ4v) is 15.2. The molecule has 0 aromatic carbocycles. The Morgan fingerprint density at radius 2 is 1.48 bits per heavy atom. The van der Waals surface area contributed by atoms with Crippen molar-refractivity contribution in [3.05, 3.63) is 12.2 Å². The van der Waals surface area contributed by atoms with Crippen molar-refractivity contribution in [2.24, 2.45) is 0 Å². The molecule has 1 heterocycles. The highest BCUT2D eigenvalue weighted by atomic mass is 28.5. The van der Waals surface area contributed by atoms with Gasteiger partial charge in [-0.1, -0.05) is 61.5 Å². The van der Waals surface area contributed by atoms with Gasteiger partial charge < -0.3 is 18.1 Å². The molecule has 27 heavy (non-hydrogen) atoms. The maximum atomic E-state index is 11.2. The van der Waals surface area contributed by atoms with E-state index in [2.05, 4.69) is 55.4 Å². The summed E-state index contributed by atoms with van der Waals surface area (Å²) < 4.78 is 20.2. The Bertz CT molecular complexity index is 501. The second-order valence-corrected chi connectivity index (χ2v) is 17.8. The van der Waals surface area contributed by atoms with Gasteiger partial charge in [-0.2, -0.15) is 0 Å². The largest absolute Gasteiger partial charge is 0.414 e. The molecule has 2 unspecified atom stereocenters. The molecular formula is C20H40O5Si2. The zero-order valence-corrected chi connectivity index (χ0v) is 20.6. The summed E-state index contributed by atoms with van der Waals surface area (Å²) in [7, 11) is -5.30. The molecule has 0 saturated carbocycles. The lowest BCUT2D eigenvalue weighted by atomic mass is 10.1. The monoisotopic (exact) mass is 416 g/mol. The molecule has 1 N–H and O–H groups in total. The first kappa shape index (κ1) is 24.7. The minimum atomic E-state index is -2.71. The summed E-state index contributed by atoms with van der Waals surface area (Å²) in [5, 5.41) is 10.9. The highest BCUT2D eigenvalue weighted by Crippen LogP contribution is 2.46. The van der Waals surface area contributed by atoms with Gasteiger partial charge in [0.15, 0.2) is 5.78 Å². The van der Waals surface area contributed by atoms with Gasteiger partial charge >= 0.3 is 17.1 Å². The van der Waals surface area contributed by atoms with Gasteiger partial charge in [0.05, 0.1) is 12.7 Å². The average molecular weight is 417 g/mol. The van der Waals surface area contributed by atoms with Crippen molar-refractivity contribution >= 4 is 22.9 Å². The Labute approximate surface area is 168 Å². The number of hydrogen-bond donors (Lipinski definition) is 1. The molecule has 0 aromatic rings. The van der Waals surface area contributed by atoms with E-state index in [1.165, 1.54) is 13.0 Å². The standard InChI is InChI=1S/C20H40O5Si2/c1-14(2)26(15(3)4)23-13-19(22)20(12-10-11-18(9)21)24-27(25-26,16(5)6)17(7)8/h10-11,14-17,19-20,22H,12-13H2,1-9H3/b11-10+. The normalized spacial score (nSPS) is 26.1. The van der Waals surface area contributed by atoms with E-state index < -0.39 is 29.3 Å². The molecule has 0 aromatic heterocycles. The predicted molar refractivity (Wildman–Crippen MR) is 114 cm³/mol. The Kier molecular flexibility index (Phi) is 9.10. The van der Waals surface area contributed by atoms with Crippen LogP contribution < -0.4 is 0 Å². The first-order valence-corrected chi connectivity index (χ1v) is 14.2. The van der Waals surface area contributed by atoms with Crippen LogP contribution >= 0.6 is 0 Å². The van der Waals surface area contributed by atoms with E-state index >= 15 is 0 Å². The molecule has 2 atom stereocenters. The zero-order valence-electron chi connectivity index (χ0n) is 18.6. The molecule has 158 valence electrons. The van der Waals surface area contributed by atoms with Crippen LogP contribution in [0.5, 0.6) is 0 Å². The number of rotatable bonds is 7. The van der Waals surface area contributed by atoms with Crippen molar-refractivity contribution in [1.29, 1.82) is 0 Å². The highest BCUT2D eigenvalue weighted by Gasteiger charge is 2.58. The van der Waals surface area contributed by atoms with Crippen LogP contribution in [0.3, 0.4) is 0 Å². The van der Waals surface area contributed by atoms with Crippen LogP contribution in [-0.4, -0.2) is 46.8 Å². The van der Waals surface area contributed by atoms with Crippen LogP contribution in [0.25, 0.3) is 0 Å². The molecule has 0 aliphatic carbocycles. The second-order valence-electron chi connectivity index (χ2n) is 8.95. The predicted octanol–water partition coefficient (Wildman–Crippen LogP) is 4.84. The number of ketones is 1. The molecule has 0 radical (unpaired) electrons. The van der Waals surface area contributed by atoms with E-state index in [1.54, 1.807) is 6.08 Å². The Hall–Kier alpha value is -0.316. The van der Waals surface area contributed by atoms with Gasteiger partial charge in [0.2, 0.25) is 0 Å². The minimum absolute atomic E-state index is 0.00917. The molecule has 5 nitrogen and oxygen atoms in total. The Morgan fingerprint density at radius 3 is 1.89 bits per heavy atom. The maximum absolute atomic E-state index is 11.2. The van der Waals surface area contributed by atoms with Gasteiger partial charge in [-0.3, -0.25) is 4.79 Å². The van der Waals surface area contributed by atoms with Gasteiger partial charge in [0.25, 0.3) is 0 Å². The first-order chi connectivity index (χ1) is 12.4. The molecule has 0 bridgehead atoms. The van der Waals surface area contributed by atoms with E-state index in [-0.39, 0.29) is 34.6 Å². The molecule has 1 aliphatic rings. The van der Waals surface area contributed by atoms with Gasteiger partial charge in [-0.05, 0) is 41.6 Å². The van der Waals surface area contributed by atoms with Crippen LogP contribution in [0.2, 0.25) is 22.2 Å². The third kappa shape index (κ3) is 5.61.